The predicted octanol–water partition coefficient (Wildman–Crippen LogP) is -0.0757. The van der Waals surface area contributed by atoms with Crippen molar-refractivity contribution < 1.29 is 42.2 Å². The summed E-state index contributed by atoms with van der Waals surface area (Å²) in [5.74, 6) is -2.12. The highest BCUT2D eigenvalue weighted by Gasteiger charge is 2.45. The van der Waals surface area contributed by atoms with Gasteiger partial charge in [-0.05, 0) is 58.8 Å². The van der Waals surface area contributed by atoms with Gasteiger partial charge in [-0.2, -0.15) is 0 Å². The normalized spacial score (nSPS) is 25.8. The quantitative estimate of drug-likeness (QED) is 0.172. The van der Waals surface area contributed by atoms with E-state index in [9.17, 15) is 32.7 Å². The number of nitrogens with one attached hydrogen (secondary N) is 2. The molecule has 0 unspecified atom stereocenters. The highest BCUT2D eigenvalue weighted by atomic mass is 32.2. The zero-order valence-corrected chi connectivity index (χ0v) is 23.4. The van der Waals surface area contributed by atoms with Crippen LogP contribution >= 0.6 is 0 Å². The molecule has 2 aliphatic carbocycles. The number of carbonyl (C=O) groups excluding carboxylic acids is 4. The van der Waals surface area contributed by atoms with E-state index < -0.39 is 62.9 Å². The summed E-state index contributed by atoms with van der Waals surface area (Å²) < 4.78 is 36.8. The van der Waals surface area contributed by atoms with E-state index in [4.69, 9.17) is 15.2 Å². The highest BCUT2D eigenvalue weighted by molar-refractivity contribution is 7.90. The Hall–Kier alpha value is -2.71. The molecule has 3 rings (SSSR count). The second-order valence-electron chi connectivity index (χ2n) is 11.4. The fraction of sp³-hybridized carbons (Fsp3) is 0.760. The molecule has 220 valence electrons. The first-order chi connectivity index (χ1) is 18.2. The van der Waals surface area contributed by atoms with Crippen molar-refractivity contribution in [3.8, 4) is 0 Å². The smallest absolute Gasteiger partial charge is 0.408 e. The highest BCUT2D eigenvalue weighted by Crippen LogP contribution is 2.40. The summed E-state index contributed by atoms with van der Waals surface area (Å²) in [4.78, 5) is 50.6. The number of sulfonamides is 1. The molecule has 1 aliphatic heterocycles. The summed E-state index contributed by atoms with van der Waals surface area (Å²) >= 11 is 0. The molecular formula is C25H40N4O9S. The van der Waals surface area contributed by atoms with Crippen LogP contribution in [0.15, 0.2) is 12.2 Å². The summed E-state index contributed by atoms with van der Waals surface area (Å²) in [6.07, 6.45) is 4.31. The van der Waals surface area contributed by atoms with E-state index in [0.717, 1.165) is 0 Å². The molecule has 1 saturated heterocycles. The van der Waals surface area contributed by atoms with Crippen LogP contribution in [0.3, 0.4) is 0 Å². The van der Waals surface area contributed by atoms with Gasteiger partial charge >= 0.3 is 6.09 Å². The van der Waals surface area contributed by atoms with Crippen LogP contribution in [0.2, 0.25) is 0 Å². The minimum Gasteiger partial charge on any atom is -0.444 e. The number of rotatable bonds is 13. The largest absolute Gasteiger partial charge is 0.444 e. The van der Waals surface area contributed by atoms with Gasteiger partial charge in [0.15, 0.2) is 0 Å². The lowest BCUT2D eigenvalue weighted by Gasteiger charge is -2.28. The summed E-state index contributed by atoms with van der Waals surface area (Å²) in [5, 5.41) is 12.1. The Labute approximate surface area is 228 Å². The average Bonchev–Trinajstić information content (AvgIpc) is 3.73. The van der Waals surface area contributed by atoms with Crippen molar-refractivity contribution in [3.63, 3.8) is 0 Å². The fourth-order valence-corrected chi connectivity index (χ4v) is 5.77. The van der Waals surface area contributed by atoms with Gasteiger partial charge in [0.05, 0.1) is 18.0 Å². The molecule has 3 aliphatic rings. The molecule has 0 radical (unpaired) electrons. The number of ether oxygens (including phenoxy) is 2. The van der Waals surface area contributed by atoms with Gasteiger partial charge in [0.2, 0.25) is 27.7 Å². The van der Waals surface area contributed by atoms with Gasteiger partial charge in [-0.25, -0.2) is 13.2 Å². The van der Waals surface area contributed by atoms with E-state index in [1.165, 1.54) is 4.90 Å². The maximum absolute atomic E-state index is 13.2. The SMILES string of the molecule is CC(C)(C)OC(=O)N[C@@H](CCCOC/C=C\[C@@H]1C[C@@H]1C(=O)NS(=O)(=O)C1CC1)C(=O)N1C[C@H](O)C[C@H]1C(N)=O. The average molecular weight is 573 g/mol. The first-order valence-corrected chi connectivity index (χ1v) is 14.8. The number of hydrogen-bond acceptors (Lipinski definition) is 9. The third-order valence-electron chi connectivity index (χ3n) is 6.64. The first-order valence-electron chi connectivity index (χ1n) is 13.2. The van der Waals surface area contributed by atoms with Gasteiger partial charge in [0, 0.05) is 25.5 Å². The van der Waals surface area contributed by atoms with Crippen LogP contribution in [-0.4, -0.2) is 91.0 Å². The molecule has 2 saturated carbocycles. The number of alkyl carbamates (subject to hydrolysis) is 1. The van der Waals surface area contributed by atoms with Gasteiger partial charge in [-0.3, -0.25) is 19.1 Å². The van der Waals surface area contributed by atoms with E-state index in [0.29, 0.717) is 25.7 Å². The van der Waals surface area contributed by atoms with Crippen LogP contribution in [0.1, 0.15) is 59.3 Å². The predicted molar refractivity (Wildman–Crippen MR) is 139 cm³/mol. The van der Waals surface area contributed by atoms with Crippen LogP contribution in [0.25, 0.3) is 0 Å². The molecule has 3 fully saturated rings. The third kappa shape index (κ3) is 9.46. The molecule has 0 spiro atoms. The van der Waals surface area contributed by atoms with Gasteiger partial charge in [-0.1, -0.05) is 12.2 Å². The second-order valence-corrected chi connectivity index (χ2v) is 13.3. The maximum atomic E-state index is 13.2. The van der Waals surface area contributed by atoms with Crippen molar-refractivity contribution in [2.45, 2.75) is 88.3 Å². The first kappa shape index (κ1) is 30.8. The molecule has 5 atom stereocenters. The third-order valence-corrected chi connectivity index (χ3v) is 8.48. The van der Waals surface area contributed by atoms with Crippen molar-refractivity contribution in [1.82, 2.24) is 14.9 Å². The number of carbonyl (C=O) groups is 4. The van der Waals surface area contributed by atoms with E-state index in [-0.39, 0.29) is 44.4 Å². The van der Waals surface area contributed by atoms with E-state index in [1.807, 2.05) is 6.08 Å². The van der Waals surface area contributed by atoms with Gasteiger partial charge in [0.25, 0.3) is 0 Å². The van der Waals surface area contributed by atoms with E-state index in [1.54, 1.807) is 26.8 Å². The van der Waals surface area contributed by atoms with Crippen LogP contribution in [-0.2, 0) is 33.9 Å². The lowest BCUT2D eigenvalue weighted by atomic mass is 10.1. The van der Waals surface area contributed by atoms with Crippen LogP contribution in [0.5, 0.6) is 0 Å². The van der Waals surface area contributed by atoms with Crippen molar-refractivity contribution in [2.24, 2.45) is 17.6 Å². The van der Waals surface area contributed by atoms with Crippen LogP contribution < -0.4 is 15.8 Å². The van der Waals surface area contributed by atoms with Gasteiger partial charge in [-0.15, -0.1) is 0 Å². The number of β-amino-alcohol motifs (C(OH)–C–C–N with tert-alkyl or cyclic N) is 1. The molecule has 4 amide bonds. The monoisotopic (exact) mass is 572 g/mol. The number of nitrogens with zero attached hydrogens (tertiary/aromatic N) is 1. The van der Waals surface area contributed by atoms with Crippen molar-refractivity contribution >= 4 is 33.8 Å². The summed E-state index contributed by atoms with van der Waals surface area (Å²) in [5.41, 5.74) is 4.62. The number of aliphatic hydroxyl groups is 1. The molecule has 13 nitrogen and oxygen atoms in total. The maximum Gasteiger partial charge on any atom is 0.408 e. The Balaban J connectivity index is 1.43. The molecule has 14 heteroatoms. The topological polar surface area (TPSA) is 194 Å². The Morgan fingerprint density at radius 3 is 2.49 bits per heavy atom. The van der Waals surface area contributed by atoms with Crippen molar-refractivity contribution in [3.05, 3.63) is 12.2 Å². The van der Waals surface area contributed by atoms with Gasteiger partial charge < -0.3 is 30.5 Å². The number of allylic oxidation sites excluding steroid dienone is 1. The zero-order valence-electron chi connectivity index (χ0n) is 22.6. The minimum atomic E-state index is -3.54. The zero-order chi connectivity index (χ0) is 29.0. The fourth-order valence-electron chi connectivity index (χ4n) is 4.41. The number of likely N-dealkylation sites (tertiary alicyclic amines) is 1. The lowest BCUT2D eigenvalue weighted by molar-refractivity contribution is -0.139. The summed E-state index contributed by atoms with van der Waals surface area (Å²) in [6, 6.07) is -1.97. The van der Waals surface area contributed by atoms with Crippen molar-refractivity contribution in [1.29, 1.82) is 0 Å². The van der Waals surface area contributed by atoms with E-state index in [2.05, 4.69) is 10.0 Å². The minimum absolute atomic E-state index is 0.0305. The van der Waals surface area contributed by atoms with Crippen LogP contribution in [0, 0.1) is 11.8 Å². The Bertz CT molecular complexity index is 1070. The summed E-state index contributed by atoms with van der Waals surface area (Å²) in [7, 11) is -3.54. The second kappa shape index (κ2) is 12.6. The molecule has 0 bridgehead atoms. The Morgan fingerprint density at radius 1 is 1.18 bits per heavy atom. The molecule has 5 N–H and O–H groups in total. The standard InChI is InChI=1S/C25H40N4O9S/c1-25(2,3)38-24(34)27-19(23(33)29-14-16(30)13-20(29)21(26)31)7-5-11-37-10-4-6-15-12-18(15)22(32)28-39(35,36)17-8-9-17/h4,6,15-20,30H,5,7-14H2,1-3H3,(H2,26,31)(H,27,34)(H,28,32)/b6-4-/t15-,16-,18+,19+,20+/m1/s1. The molecule has 39 heavy (non-hydrogen) atoms. The van der Waals surface area contributed by atoms with Crippen molar-refractivity contribution in [2.75, 3.05) is 19.8 Å². The molecule has 0 aromatic rings. The number of nitrogens with two attached hydrogens (primary N) is 1. The lowest BCUT2D eigenvalue weighted by Crippen LogP contribution is -2.53. The molecular weight excluding hydrogens is 532 g/mol. The summed E-state index contributed by atoms with van der Waals surface area (Å²) in [6.45, 7) is 5.53. The molecule has 1 heterocycles. The number of hydrogen-bond donors (Lipinski definition) is 4. The van der Waals surface area contributed by atoms with E-state index >= 15 is 0 Å². The molecule has 0 aromatic carbocycles. The number of amides is 4. The Morgan fingerprint density at radius 2 is 1.87 bits per heavy atom. The molecule has 0 aromatic heterocycles. The Kier molecular flexibility index (Phi) is 9.99. The van der Waals surface area contributed by atoms with Gasteiger partial charge in [0.1, 0.15) is 17.7 Å². The number of primary amides is 1. The van der Waals surface area contributed by atoms with Crippen LogP contribution in [0.4, 0.5) is 4.79 Å². The number of aliphatic hydroxyl groups excluding tert-OH is 1.